The van der Waals surface area contributed by atoms with Crippen LogP contribution < -0.4 is 14.8 Å². The van der Waals surface area contributed by atoms with E-state index in [4.69, 9.17) is 9.47 Å². The van der Waals surface area contributed by atoms with Gasteiger partial charge in [0.05, 0.1) is 11.8 Å². The van der Waals surface area contributed by atoms with Crippen LogP contribution in [0.4, 0.5) is 0 Å². The maximum Gasteiger partial charge on any atom is 0.230 e. The van der Waals surface area contributed by atoms with Crippen LogP contribution in [0.3, 0.4) is 0 Å². The van der Waals surface area contributed by atoms with E-state index in [-0.39, 0.29) is 17.9 Å². The first kappa shape index (κ1) is 19.2. The van der Waals surface area contributed by atoms with Gasteiger partial charge in [-0.3, -0.25) is 4.79 Å². The topological polar surface area (TPSA) is 47.6 Å². The zero-order valence-corrected chi connectivity index (χ0v) is 17.3. The highest BCUT2D eigenvalue weighted by atomic mass is 32.2. The van der Waals surface area contributed by atoms with E-state index in [9.17, 15) is 4.79 Å². The largest absolute Gasteiger partial charge is 0.486 e. The molecular formula is C23H27NO3S. The molecule has 4 nitrogen and oxygen atoms in total. The van der Waals surface area contributed by atoms with Crippen LogP contribution in [0.2, 0.25) is 0 Å². The molecule has 0 aromatic heterocycles. The highest BCUT2D eigenvalue weighted by Crippen LogP contribution is 2.34. The fourth-order valence-corrected chi connectivity index (χ4v) is 4.66. The number of fused-ring (bicyclic) bond motifs is 2. The van der Waals surface area contributed by atoms with Gasteiger partial charge < -0.3 is 14.8 Å². The molecule has 2 aromatic rings. The Morgan fingerprint density at radius 3 is 2.64 bits per heavy atom. The van der Waals surface area contributed by atoms with Crippen molar-refractivity contribution in [1.82, 2.24) is 5.32 Å². The molecule has 1 aliphatic carbocycles. The van der Waals surface area contributed by atoms with E-state index in [1.54, 1.807) is 11.8 Å². The molecule has 4 rings (SSSR count). The minimum atomic E-state index is -0.0519. The van der Waals surface area contributed by atoms with Crippen molar-refractivity contribution in [3.63, 3.8) is 0 Å². The summed E-state index contributed by atoms with van der Waals surface area (Å²) in [4.78, 5) is 13.8. The highest BCUT2D eigenvalue weighted by Gasteiger charge is 2.21. The summed E-state index contributed by atoms with van der Waals surface area (Å²) < 4.78 is 11.3. The molecule has 0 fully saturated rings. The second-order valence-electron chi connectivity index (χ2n) is 7.77. The molecule has 28 heavy (non-hydrogen) atoms. The Labute approximate surface area is 171 Å². The predicted molar refractivity (Wildman–Crippen MR) is 112 cm³/mol. The van der Waals surface area contributed by atoms with Crippen LogP contribution >= 0.6 is 11.8 Å². The third kappa shape index (κ3) is 4.30. The van der Waals surface area contributed by atoms with E-state index in [2.05, 4.69) is 37.4 Å². The minimum Gasteiger partial charge on any atom is -0.486 e. The van der Waals surface area contributed by atoms with Crippen molar-refractivity contribution in [1.29, 1.82) is 0 Å². The summed E-state index contributed by atoms with van der Waals surface area (Å²) in [6, 6.07) is 12.5. The zero-order valence-electron chi connectivity index (χ0n) is 16.5. The summed E-state index contributed by atoms with van der Waals surface area (Å²) in [6.45, 7) is 5.38. The second-order valence-corrected chi connectivity index (χ2v) is 8.81. The van der Waals surface area contributed by atoms with Gasteiger partial charge in [0.25, 0.3) is 0 Å². The number of ether oxygens (including phenoxy) is 2. The molecule has 1 aliphatic heterocycles. The number of carbonyl (C=O) groups is 1. The van der Waals surface area contributed by atoms with E-state index in [0.29, 0.717) is 19.0 Å². The second kappa shape index (κ2) is 8.48. The zero-order chi connectivity index (χ0) is 19.5. The number of rotatable bonds is 6. The van der Waals surface area contributed by atoms with Crippen molar-refractivity contribution < 1.29 is 14.3 Å². The first-order chi connectivity index (χ1) is 13.6. The predicted octanol–water partition coefficient (Wildman–Crippen LogP) is 4.55. The van der Waals surface area contributed by atoms with E-state index in [1.807, 2.05) is 18.2 Å². The first-order valence-corrected chi connectivity index (χ1v) is 11.0. The summed E-state index contributed by atoms with van der Waals surface area (Å²) >= 11 is 1.61. The molecule has 1 N–H and O–H groups in total. The Morgan fingerprint density at radius 2 is 1.82 bits per heavy atom. The lowest BCUT2D eigenvalue weighted by molar-refractivity contribution is -0.119. The van der Waals surface area contributed by atoms with Crippen LogP contribution in [0.5, 0.6) is 11.5 Å². The highest BCUT2D eigenvalue weighted by molar-refractivity contribution is 8.00. The van der Waals surface area contributed by atoms with Crippen LogP contribution in [0, 0.1) is 5.92 Å². The van der Waals surface area contributed by atoms with Crippen molar-refractivity contribution in [3.8, 4) is 11.5 Å². The Balaban J connectivity index is 1.39. The van der Waals surface area contributed by atoms with E-state index < -0.39 is 0 Å². The molecule has 0 spiro atoms. The van der Waals surface area contributed by atoms with Gasteiger partial charge in [-0.25, -0.2) is 0 Å². The molecule has 1 unspecified atom stereocenters. The number of hydrogen-bond acceptors (Lipinski definition) is 4. The summed E-state index contributed by atoms with van der Waals surface area (Å²) in [5.74, 6) is 2.29. The van der Waals surface area contributed by atoms with Crippen LogP contribution in [0.15, 0.2) is 41.3 Å². The lowest BCUT2D eigenvalue weighted by Crippen LogP contribution is -2.33. The minimum absolute atomic E-state index is 0.0519. The van der Waals surface area contributed by atoms with Gasteiger partial charge in [0.15, 0.2) is 11.5 Å². The number of benzene rings is 2. The summed E-state index contributed by atoms with van der Waals surface area (Å²) in [7, 11) is 0. The fourth-order valence-electron chi connectivity index (χ4n) is 3.89. The lowest BCUT2D eigenvalue weighted by Gasteiger charge is -2.25. The normalized spacial score (nSPS) is 16.0. The van der Waals surface area contributed by atoms with Gasteiger partial charge in [-0.15, -0.1) is 11.8 Å². The molecule has 0 bridgehead atoms. The standard InChI is InChI=1S/C23H27NO3S/c1-15(2)23(18-7-9-20-21(13-18)27-11-10-26-20)24-22(25)14-28-19-8-6-16-4-3-5-17(16)12-19/h6-9,12-13,15,23H,3-5,10-11,14H2,1-2H3,(H,24,25). The molecule has 2 aliphatic rings. The molecule has 1 heterocycles. The number of hydrogen-bond donors (Lipinski definition) is 1. The quantitative estimate of drug-likeness (QED) is 0.727. The van der Waals surface area contributed by atoms with E-state index >= 15 is 0 Å². The average molecular weight is 398 g/mol. The van der Waals surface area contributed by atoms with Gasteiger partial charge in [-0.2, -0.15) is 0 Å². The summed E-state index contributed by atoms with van der Waals surface area (Å²) in [6.07, 6.45) is 3.59. The monoisotopic (exact) mass is 397 g/mol. The number of nitrogens with one attached hydrogen (secondary N) is 1. The number of amides is 1. The molecular weight excluding hydrogens is 370 g/mol. The van der Waals surface area contributed by atoms with Crippen LogP contribution in [0.25, 0.3) is 0 Å². The molecule has 5 heteroatoms. The van der Waals surface area contributed by atoms with E-state index in [0.717, 1.165) is 23.5 Å². The molecule has 148 valence electrons. The van der Waals surface area contributed by atoms with Crippen molar-refractivity contribution >= 4 is 17.7 Å². The van der Waals surface area contributed by atoms with Gasteiger partial charge in [-0.1, -0.05) is 26.0 Å². The Hall–Kier alpha value is -2.14. The van der Waals surface area contributed by atoms with Crippen molar-refractivity contribution in [3.05, 3.63) is 53.1 Å². The van der Waals surface area contributed by atoms with Crippen LogP contribution in [-0.4, -0.2) is 24.9 Å². The number of carbonyl (C=O) groups excluding carboxylic acids is 1. The van der Waals surface area contributed by atoms with Crippen LogP contribution in [-0.2, 0) is 17.6 Å². The maximum atomic E-state index is 12.6. The average Bonchev–Trinajstić information content (AvgIpc) is 3.18. The van der Waals surface area contributed by atoms with E-state index in [1.165, 1.54) is 28.9 Å². The number of thioether (sulfide) groups is 1. The molecule has 2 aromatic carbocycles. The summed E-state index contributed by atoms with van der Waals surface area (Å²) in [5.41, 5.74) is 3.96. The smallest absolute Gasteiger partial charge is 0.230 e. The Kier molecular flexibility index (Phi) is 5.81. The van der Waals surface area contributed by atoms with Gasteiger partial charge in [0.1, 0.15) is 13.2 Å². The lowest BCUT2D eigenvalue weighted by atomic mass is 9.95. The number of aryl methyl sites for hydroxylation is 2. The van der Waals surface area contributed by atoms with Gasteiger partial charge in [0.2, 0.25) is 5.91 Å². The summed E-state index contributed by atoms with van der Waals surface area (Å²) in [5, 5.41) is 3.21. The molecule has 0 saturated heterocycles. The maximum absolute atomic E-state index is 12.6. The van der Waals surface area contributed by atoms with Gasteiger partial charge >= 0.3 is 0 Å². The third-order valence-electron chi connectivity index (χ3n) is 5.35. The molecule has 0 saturated carbocycles. The molecule has 1 amide bonds. The molecule has 0 radical (unpaired) electrons. The Bertz CT molecular complexity index is 865. The van der Waals surface area contributed by atoms with Crippen molar-refractivity contribution in [2.45, 2.75) is 44.0 Å². The van der Waals surface area contributed by atoms with Crippen molar-refractivity contribution in [2.24, 2.45) is 5.92 Å². The van der Waals surface area contributed by atoms with Gasteiger partial charge in [-0.05, 0) is 66.1 Å². The SMILES string of the molecule is CC(C)C(NC(=O)CSc1ccc2c(c1)CCC2)c1ccc2c(c1)OCCO2. The first-order valence-electron chi connectivity index (χ1n) is 10.0. The van der Waals surface area contributed by atoms with Crippen LogP contribution in [0.1, 0.15) is 43.0 Å². The van der Waals surface area contributed by atoms with Gasteiger partial charge in [0, 0.05) is 4.90 Å². The Morgan fingerprint density at radius 1 is 1.04 bits per heavy atom. The third-order valence-corrected chi connectivity index (χ3v) is 6.34. The van der Waals surface area contributed by atoms with Crippen molar-refractivity contribution in [2.75, 3.05) is 19.0 Å². The molecule has 1 atom stereocenters. The fraction of sp³-hybridized carbons (Fsp3) is 0.435.